The Hall–Kier alpha value is -3.75. The van der Waals surface area contributed by atoms with Crippen LogP contribution in [0.4, 0.5) is 0 Å². The van der Waals surface area contributed by atoms with Crippen LogP contribution in [-0.4, -0.2) is 30.4 Å². The number of nitrogens with zero attached hydrogens (tertiary/aromatic N) is 3. The Balaban J connectivity index is 1.71. The van der Waals surface area contributed by atoms with Crippen molar-refractivity contribution in [2.45, 2.75) is 0 Å². The van der Waals surface area contributed by atoms with E-state index in [0.29, 0.717) is 17.6 Å². The van der Waals surface area contributed by atoms with E-state index in [1.165, 1.54) is 0 Å². The quantitative estimate of drug-likeness (QED) is 0.502. The summed E-state index contributed by atoms with van der Waals surface area (Å²) in [4.78, 5) is 8.76. The number of H-pyrrole nitrogens is 3. The van der Waals surface area contributed by atoms with Crippen LogP contribution in [-0.2, 0) is 0 Å². The first-order chi connectivity index (χ1) is 11.9. The van der Waals surface area contributed by atoms with Gasteiger partial charge in [0.25, 0.3) is 17.5 Å². The third kappa shape index (κ3) is 2.90. The van der Waals surface area contributed by atoms with Crippen LogP contribution in [0.1, 0.15) is 0 Å². The number of nitrogens with one attached hydrogen (secondary N) is 3. The van der Waals surface area contributed by atoms with E-state index < -0.39 is 0 Å². The molecule has 4 aromatic rings. The molecule has 0 spiro atoms. The monoisotopic (exact) mass is 324 g/mol. The smallest absolute Gasteiger partial charge is 0.291 e. The van der Waals surface area contributed by atoms with E-state index in [-0.39, 0.29) is 17.5 Å². The number of hydrogen-bond donors (Lipinski definition) is 3. The molecule has 0 saturated heterocycles. The van der Waals surface area contributed by atoms with Crippen molar-refractivity contribution in [3.8, 4) is 35.1 Å². The second-order valence-electron chi connectivity index (χ2n) is 4.64. The van der Waals surface area contributed by atoms with Crippen LogP contribution >= 0.6 is 0 Å². The number of aromatic amines is 3. The minimum Gasteiger partial charge on any atom is -0.429 e. The predicted molar refractivity (Wildman–Crippen MR) is 82.4 cm³/mol. The molecule has 0 amide bonds. The maximum Gasteiger partial charge on any atom is 0.291 e. The summed E-state index contributed by atoms with van der Waals surface area (Å²) < 4.78 is 17.1. The fourth-order valence-corrected chi connectivity index (χ4v) is 1.96. The van der Waals surface area contributed by atoms with E-state index in [1.54, 1.807) is 55.0 Å². The Morgan fingerprint density at radius 1 is 0.625 bits per heavy atom. The third-order valence-corrected chi connectivity index (χ3v) is 2.99. The first-order valence-electron chi connectivity index (χ1n) is 7.05. The molecule has 0 unspecified atom stereocenters. The molecule has 9 nitrogen and oxygen atoms in total. The minimum absolute atomic E-state index is 0.114. The standard InChI is InChI=1S/C15H12N6O3/c1-4-10(16-7-1)22-13-14(23-11-5-2-8-17-11)19-21-20-15(13)24-12-6-3-9-18-12/h1-9,16-18H. The van der Waals surface area contributed by atoms with Crippen LogP contribution in [0.25, 0.3) is 0 Å². The maximum absolute atomic E-state index is 5.78. The summed E-state index contributed by atoms with van der Waals surface area (Å²) in [6, 6.07) is 10.6. The normalized spacial score (nSPS) is 10.5. The topological polar surface area (TPSA) is 114 Å². The highest BCUT2D eigenvalue weighted by molar-refractivity contribution is 5.45. The van der Waals surface area contributed by atoms with Gasteiger partial charge in [-0.05, 0) is 23.4 Å². The maximum atomic E-state index is 5.78. The summed E-state index contributed by atoms with van der Waals surface area (Å²) in [6.45, 7) is 0. The van der Waals surface area contributed by atoms with Crippen molar-refractivity contribution >= 4 is 0 Å². The highest BCUT2D eigenvalue weighted by Crippen LogP contribution is 2.39. The molecular weight excluding hydrogens is 312 g/mol. The van der Waals surface area contributed by atoms with Crippen molar-refractivity contribution in [1.82, 2.24) is 30.4 Å². The SMILES string of the molecule is c1c[nH]c(Oc2nnnc(Oc3ccc[nH]3)c2Oc2ccc[nH]2)c1. The van der Waals surface area contributed by atoms with Gasteiger partial charge in [0.05, 0.1) is 0 Å². The van der Waals surface area contributed by atoms with Crippen molar-refractivity contribution in [1.29, 1.82) is 0 Å². The zero-order chi connectivity index (χ0) is 16.2. The summed E-state index contributed by atoms with van der Waals surface area (Å²) in [6.07, 6.45) is 5.19. The molecule has 3 N–H and O–H groups in total. The Morgan fingerprint density at radius 3 is 1.50 bits per heavy atom. The highest BCUT2D eigenvalue weighted by Gasteiger charge is 2.20. The van der Waals surface area contributed by atoms with Gasteiger partial charge in [-0.1, -0.05) is 10.2 Å². The fourth-order valence-electron chi connectivity index (χ4n) is 1.96. The van der Waals surface area contributed by atoms with Gasteiger partial charge in [-0.15, -0.1) is 0 Å². The molecular formula is C15H12N6O3. The summed E-state index contributed by atoms with van der Waals surface area (Å²) in [5.41, 5.74) is 0. The van der Waals surface area contributed by atoms with Crippen LogP contribution in [0.2, 0.25) is 0 Å². The van der Waals surface area contributed by atoms with Gasteiger partial charge >= 0.3 is 0 Å². The molecule has 0 atom stereocenters. The van der Waals surface area contributed by atoms with Crippen molar-refractivity contribution < 1.29 is 14.2 Å². The molecule has 4 rings (SSSR count). The van der Waals surface area contributed by atoms with Crippen molar-refractivity contribution in [3.05, 3.63) is 55.0 Å². The lowest BCUT2D eigenvalue weighted by Gasteiger charge is -2.11. The molecule has 0 aromatic carbocycles. The fraction of sp³-hybridized carbons (Fsp3) is 0. The van der Waals surface area contributed by atoms with Gasteiger partial charge in [0.1, 0.15) is 0 Å². The summed E-state index contributed by atoms with van der Waals surface area (Å²) in [5, 5.41) is 11.5. The van der Waals surface area contributed by atoms with Crippen LogP contribution < -0.4 is 14.2 Å². The van der Waals surface area contributed by atoms with E-state index in [2.05, 4.69) is 30.4 Å². The molecule has 0 bridgehead atoms. The summed E-state index contributed by atoms with van der Waals surface area (Å²) >= 11 is 0. The average molecular weight is 324 g/mol. The molecule has 0 radical (unpaired) electrons. The van der Waals surface area contributed by atoms with Gasteiger partial charge in [-0.25, -0.2) is 0 Å². The van der Waals surface area contributed by atoms with Crippen molar-refractivity contribution in [2.24, 2.45) is 0 Å². The largest absolute Gasteiger partial charge is 0.429 e. The van der Waals surface area contributed by atoms with E-state index >= 15 is 0 Å². The number of rotatable bonds is 6. The van der Waals surface area contributed by atoms with Crippen LogP contribution in [0, 0.1) is 0 Å². The zero-order valence-corrected chi connectivity index (χ0v) is 12.3. The Morgan fingerprint density at radius 2 is 1.08 bits per heavy atom. The van der Waals surface area contributed by atoms with Gasteiger partial charge in [-0.2, -0.15) is 0 Å². The first kappa shape index (κ1) is 13.9. The lowest BCUT2D eigenvalue weighted by Crippen LogP contribution is -2.01. The predicted octanol–water partition coefficient (Wildman–Crippen LogP) is 3.23. The molecule has 24 heavy (non-hydrogen) atoms. The highest BCUT2D eigenvalue weighted by atomic mass is 16.6. The van der Waals surface area contributed by atoms with Gasteiger partial charge in [-0.3, -0.25) is 0 Å². The first-order valence-corrected chi connectivity index (χ1v) is 7.05. The van der Waals surface area contributed by atoms with Crippen molar-refractivity contribution in [3.63, 3.8) is 0 Å². The lowest BCUT2D eigenvalue weighted by atomic mass is 10.5. The Kier molecular flexibility index (Phi) is 3.57. The number of aromatic nitrogens is 6. The van der Waals surface area contributed by atoms with Crippen LogP contribution in [0.5, 0.6) is 35.1 Å². The van der Waals surface area contributed by atoms with Gasteiger partial charge < -0.3 is 29.2 Å². The molecule has 0 aliphatic heterocycles. The Bertz CT molecular complexity index is 833. The van der Waals surface area contributed by atoms with E-state index in [0.717, 1.165) is 0 Å². The summed E-state index contributed by atoms with van der Waals surface area (Å²) in [5.74, 6) is 1.87. The average Bonchev–Trinajstić information content (AvgIpc) is 3.34. The second-order valence-corrected chi connectivity index (χ2v) is 4.64. The van der Waals surface area contributed by atoms with E-state index in [1.807, 2.05) is 0 Å². The molecule has 0 saturated carbocycles. The van der Waals surface area contributed by atoms with E-state index in [4.69, 9.17) is 14.2 Å². The molecule has 0 aliphatic carbocycles. The zero-order valence-electron chi connectivity index (χ0n) is 12.3. The molecule has 4 aromatic heterocycles. The van der Waals surface area contributed by atoms with Crippen molar-refractivity contribution in [2.75, 3.05) is 0 Å². The third-order valence-electron chi connectivity index (χ3n) is 2.99. The van der Waals surface area contributed by atoms with Gasteiger partial charge in [0, 0.05) is 36.8 Å². The number of hydrogen-bond acceptors (Lipinski definition) is 6. The Labute approximate surface area is 135 Å². The van der Waals surface area contributed by atoms with Gasteiger partial charge in [0.15, 0.2) is 17.6 Å². The molecule has 9 heteroatoms. The molecule has 120 valence electrons. The number of ether oxygens (including phenoxy) is 3. The summed E-state index contributed by atoms with van der Waals surface area (Å²) in [7, 11) is 0. The van der Waals surface area contributed by atoms with Crippen LogP contribution in [0.15, 0.2) is 55.0 Å². The molecule has 0 aliphatic rings. The molecule has 4 heterocycles. The van der Waals surface area contributed by atoms with Gasteiger partial charge in [0.2, 0.25) is 0 Å². The van der Waals surface area contributed by atoms with Crippen LogP contribution in [0.3, 0.4) is 0 Å². The van der Waals surface area contributed by atoms with E-state index in [9.17, 15) is 0 Å². The second kappa shape index (κ2) is 6.16. The lowest BCUT2D eigenvalue weighted by molar-refractivity contribution is 0.342. The molecule has 0 fully saturated rings. The minimum atomic E-state index is 0.114.